The number of aromatic carboxylic acids is 1. The van der Waals surface area contributed by atoms with Crippen LogP contribution in [0.5, 0.6) is 0 Å². The van der Waals surface area contributed by atoms with Crippen molar-refractivity contribution in [3.05, 3.63) is 35.4 Å². The number of hydrogen-bond donors (Lipinski definition) is 1. The number of rotatable bonds is 6. The van der Waals surface area contributed by atoms with E-state index in [1.165, 1.54) is 19.3 Å². The van der Waals surface area contributed by atoms with Crippen LogP contribution in [-0.4, -0.2) is 24.3 Å². The van der Waals surface area contributed by atoms with Gasteiger partial charge in [-0.2, -0.15) is 0 Å². The lowest BCUT2D eigenvalue weighted by atomic mass is 10.0. The molecule has 1 aromatic rings. The Labute approximate surface area is 131 Å². The van der Waals surface area contributed by atoms with Gasteiger partial charge in [0.1, 0.15) is 0 Å². The minimum absolute atomic E-state index is 0. The van der Waals surface area contributed by atoms with E-state index in [4.69, 9.17) is 14.6 Å². The highest BCUT2D eigenvalue weighted by atomic mass is 35.5. The number of hydrogen-bond acceptors (Lipinski definition) is 3. The number of unbranched alkanes of at least 4 members (excludes halogenated alkanes) is 2. The second kappa shape index (κ2) is 9.03. The van der Waals surface area contributed by atoms with Crippen LogP contribution in [0.25, 0.3) is 0 Å². The number of benzene rings is 1. The Hall–Kier alpha value is -1.10. The van der Waals surface area contributed by atoms with Gasteiger partial charge >= 0.3 is 5.97 Å². The molecule has 2 rings (SSSR count). The molecular weight excluding hydrogens is 292 g/mol. The van der Waals surface area contributed by atoms with Crippen LogP contribution in [0.4, 0.5) is 0 Å². The number of ether oxygens (including phenoxy) is 2. The van der Waals surface area contributed by atoms with E-state index in [1.807, 2.05) is 0 Å². The van der Waals surface area contributed by atoms with Crippen LogP contribution in [0.2, 0.25) is 0 Å². The lowest BCUT2D eigenvalue weighted by molar-refractivity contribution is -0.206. The molecule has 1 N–H and O–H groups in total. The molecule has 0 radical (unpaired) electrons. The van der Waals surface area contributed by atoms with Crippen molar-refractivity contribution in [2.24, 2.45) is 5.92 Å². The van der Waals surface area contributed by atoms with Gasteiger partial charge in [0.05, 0.1) is 18.8 Å². The SMILES string of the molecule is CCCCC[C@H]1CO[C@H](c2ccc(C(=O)O)cc2)OC1.Cl. The summed E-state index contributed by atoms with van der Waals surface area (Å²) in [5.41, 5.74) is 1.16. The molecule has 1 aliphatic rings. The third-order valence-electron chi connectivity index (χ3n) is 3.61. The maximum Gasteiger partial charge on any atom is 0.335 e. The van der Waals surface area contributed by atoms with Gasteiger partial charge in [-0.05, 0) is 18.6 Å². The fourth-order valence-corrected chi connectivity index (χ4v) is 2.37. The summed E-state index contributed by atoms with van der Waals surface area (Å²) >= 11 is 0. The highest BCUT2D eigenvalue weighted by Crippen LogP contribution is 2.27. The van der Waals surface area contributed by atoms with E-state index in [2.05, 4.69) is 6.92 Å². The normalized spacial score (nSPS) is 21.6. The molecule has 0 aliphatic carbocycles. The minimum atomic E-state index is -0.919. The Bertz CT molecular complexity index is 424. The molecule has 1 heterocycles. The molecule has 21 heavy (non-hydrogen) atoms. The number of carboxylic acid groups (broad SMARTS) is 1. The van der Waals surface area contributed by atoms with Crippen molar-refractivity contribution in [3.63, 3.8) is 0 Å². The second-order valence-corrected chi connectivity index (χ2v) is 5.29. The van der Waals surface area contributed by atoms with E-state index in [1.54, 1.807) is 24.3 Å². The first-order chi connectivity index (χ1) is 9.70. The van der Waals surface area contributed by atoms with E-state index in [0.717, 1.165) is 25.2 Å². The Kier molecular flexibility index (Phi) is 7.72. The molecule has 0 bridgehead atoms. The average molecular weight is 315 g/mol. The summed E-state index contributed by atoms with van der Waals surface area (Å²) in [6.07, 6.45) is 4.51. The van der Waals surface area contributed by atoms with Gasteiger partial charge in [0.25, 0.3) is 0 Å². The zero-order chi connectivity index (χ0) is 14.4. The molecule has 4 nitrogen and oxygen atoms in total. The monoisotopic (exact) mass is 314 g/mol. The molecule has 1 saturated heterocycles. The Balaban J connectivity index is 0.00000220. The van der Waals surface area contributed by atoms with Gasteiger partial charge in [-0.25, -0.2) is 4.79 Å². The van der Waals surface area contributed by atoms with Gasteiger partial charge in [0, 0.05) is 11.5 Å². The molecule has 5 heteroatoms. The predicted molar refractivity (Wildman–Crippen MR) is 82.9 cm³/mol. The summed E-state index contributed by atoms with van der Waals surface area (Å²) in [4.78, 5) is 10.8. The number of carbonyl (C=O) groups is 1. The molecule has 1 aromatic carbocycles. The maximum atomic E-state index is 10.8. The molecule has 0 aromatic heterocycles. The lowest BCUT2D eigenvalue weighted by Gasteiger charge is -2.29. The zero-order valence-corrected chi connectivity index (χ0v) is 13.1. The smallest absolute Gasteiger partial charge is 0.335 e. The predicted octanol–water partition coefficient (Wildman–Crippen LogP) is 4.05. The minimum Gasteiger partial charge on any atom is -0.478 e. The molecule has 0 atom stereocenters. The van der Waals surface area contributed by atoms with Gasteiger partial charge < -0.3 is 14.6 Å². The van der Waals surface area contributed by atoms with E-state index in [9.17, 15) is 4.79 Å². The lowest BCUT2D eigenvalue weighted by Crippen LogP contribution is -2.27. The fraction of sp³-hybridized carbons (Fsp3) is 0.562. The molecule has 0 amide bonds. The summed E-state index contributed by atoms with van der Waals surface area (Å²) in [6, 6.07) is 6.67. The first-order valence-corrected chi connectivity index (χ1v) is 7.27. The van der Waals surface area contributed by atoms with Crippen LogP contribution >= 0.6 is 12.4 Å². The van der Waals surface area contributed by atoms with Gasteiger partial charge in [-0.15, -0.1) is 12.4 Å². The summed E-state index contributed by atoms with van der Waals surface area (Å²) in [6.45, 7) is 3.63. The van der Waals surface area contributed by atoms with Gasteiger partial charge in [-0.1, -0.05) is 38.3 Å². The van der Waals surface area contributed by atoms with Crippen molar-refractivity contribution < 1.29 is 19.4 Å². The quantitative estimate of drug-likeness (QED) is 0.805. The summed E-state index contributed by atoms with van der Waals surface area (Å²) in [5.74, 6) is -0.436. The van der Waals surface area contributed by atoms with Crippen LogP contribution in [0, 0.1) is 5.92 Å². The Morgan fingerprint density at radius 1 is 1.19 bits per heavy atom. The first kappa shape index (κ1) is 18.0. The van der Waals surface area contributed by atoms with Crippen molar-refractivity contribution in [2.45, 2.75) is 38.9 Å². The summed E-state index contributed by atoms with van der Waals surface area (Å²) in [5, 5.41) is 8.86. The molecule has 1 fully saturated rings. The summed E-state index contributed by atoms with van der Waals surface area (Å²) in [7, 11) is 0. The molecular formula is C16H23ClO4. The topological polar surface area (TPSA) is 55.8 Å². The highest BCUT2D eigenvalue weighted by molar-refractivity contribution is 5.87. The van der Waals surface area contributed by atoms with Crippen LogP contribution in [-0.2, 0) is 9.47 Å². The van der Waals surface area contributed by atoms with Crippen molar-refractivity contribution in [1.82, 2.24) is 0 Å². The molecule has 118 valence electrons. The van der Waals surface area contributed by atoms with E-state index in [-0.39, 0.29) is 24.3 Å². The van der Waals surface area contributed by atoms with Crippen molar-refractivity contribution in [2.75, 3.05) is 13.2 Å². The van der Waals surface area contributed by atoms with Crippen LogP contribution in [0.15, 0.2) is 24.3 Å². The number of carboxylic acids is 1. The van der Waals surface area contributed by atoms with Crippen LogP contribution < -0.4 is 0 Å². The fourth-order valence-electron chi connectivity index (χ4n) is 2.37. The number of halogens is 1. The maximum absolute atomic E-state index is 10.8. The largest absolute Gasteiger partial charge is 0.478 e. The third-order valence-corrected chi connectivity index (χ3v) is 3.61. The molecule has 1 aliphatic heterocycles. The van der Waals surface area contributed by atoms with E-state index in [0.29, 0.717) is 5.92 Å². The standard InChI is InChI=1S/C16H22O4.ClH/c1-2-3-4-5-12-10-19-16(20-11-12)14-8-6-13(7-9-14)15(17)18;/h6-9,12,16H,2-5,10-11H2,1H3,(H,17,18);1H/t12-,16-;. The molecule has 0 spiro atoms. The third kappa shape index (κ3) is 5.30. The van der Waals surface area contributed by atoms with Crippen LogP contribution in [0.1, 0.15) is 54.8 Å². The molecule has 0 unspecified atom stereocenters. The van der Waals surface area contributed by atoms with E-state index >= 15 is 0 Å². The van der Waals surface area contributed by atoms with Crippen LogP contribution in [0.3, 0.4) is 0 Å². The van der Waals surface area contributed by atoms with Gasteiger partial charge in [0.15, 0.2) is 6.29 Å². The van der Waals surface area contributed by atoms with Crippen molar-refractivity contribution in [1.29, 1.82) is 0 Å². The molecule has 0 saturated carbocycles. The Morgan fingerprint density at radius 2 is 1.81 bits per heavy atom. The van der Waals surface area contributed by atoms with Crippen molar-refractivity contribution >= 4 is 18.4 Å². The van der Waals surface area contributed by atoms with Gasteiger partial charge in [0.2, 0.25) is 0 Å². The zero-order valence-electron chi connectivity index (χ0n) is 12.3. The van der Waals surface area contributed by atoms with Crippen molar-refractivity contribution in [3.8, 4) is 0 Å². The Morgan fingerprint density at radius 3 is 2.33 bits per heavy atom. The second-order valence-electron chi connectivity index (χ2n) is 5.29. The highest BCUT2D eigenvalue weighted by Gasteiger charge is 2.23. The first-order valence-electron chi connectivity index (χ1n) is 7.27. The average Bonchev–Trinajstić information content (AvgIpc) is 2.48. The van der Waals surface area contributed by atoms with Gasteiger partial charge in [-0.3, -0.25) is 0 Å². The van der Waals surface area contributed by atoms with E-state index < -0.39 is 5.97 Å². The summed E-state index contributed by atoms with van der Waals surface area (Å²) < 4.78 is 11.5.